The predicted octanol–water partition coefficient (Wildman–Crippen LogP) is 3.35. The highest BCUT2D eigenvalue weighted by Crippen LogP contribution is 2.21. The fourth-order valence-electron chi connectivity index (χ4n) is 9.27. The number of aromatic nitrogens is 6. The van der Waals surface area contributed by atoms with Gasteiger partial charge in [0.2, 0.25) is 0 Å². The van der Waals surface area contributed by atoms with E-state index >= 15 is 0 Å². The summed E-state index contributed by atoms with van der Waals surface area (Å²) < 4.78 is 15.4. The van der Waals surface area contributed by atoms with E-state index in [0.717, 1.165) is 124 Å². The second-order valence-corrected chi connectivity index (χ2v) is 18.9. The van der Waals surface area contributed by atoms with E-state index in [2.05, 4.69) is 66.5 Å². The average Bonchev–Trinajstić information content (AvgIpc) is 4.27. The van der Waals surface area contributed by atoms with E-state index in [1.807, 2.05) is 79.0 Å². The topological polar surface area (TPSA) is 254 Å². The van der Waals surface area contributed by atoms with Crippen molar-refractivity contribution in [2.75, 3.05) is 109 Å². The summed E-state index contributed by atoms with van der Waals surface area (Å²) in [5, 5.41) is 26.5. The minimum Gasteiger partial charge on any atom is -0.392 e. The summed E-state index contributed by atoms with van der Waals surface area (Å²) in [4.78, 5) is 79.5. The van der Waals surface area contributed by atoms with Crippen molar-refractivity contribution in [3.8, 4) is 0 Å². The lowest BCUT2D eigenvalue weighted by Crippen LogP contribution is -2.46. The van der Waals surface area contributed by atoms with Crippen molar-refractivity contribution in [2.24, 2.45) is 0 Å². The van der Waals surface area contributed by atoms with Crippen LogP contribution in [-0.2, 0) is 13.2 Å². The maximum atomic E-state index is 12.3. The first kappa shape index (κ1) is 57.4. The maximum Gasteiger partial charge on any atom is 0.330 e. The zero-order valence-corrected chi connectivity index (χ0v) is 45.1. The number of pyridine rings is 2. The monoisotopic (exact) mass is 1090 g/mol. The molecule has 22 heteroatoms. The molecule has 9 heterocycles. The first-order valence-corrected chi connectivity index (χ1v) is 26.5. The number of halogens is 1. The molecule has 9 aromatic rings. The van der Waals surface area contributed by atoms with Crippen LogP contribution in [0.4, 0.5) is 15.8 Å². The van der Waals surface area contributed by atoms with Crippen LogP contribution in [-0.4, -0.2) is 156 Å². The Kier molecular flexibility index (Phi) is 20.2. The molecular weight excluding hydrogens is 1020 g/mol. The smallest absolute Gasteiger partial charge is 0.330 e. The quantitative estimate of drug-likeness (QED) is 0.106. The Morgan fingerprint density at radius 2 is 0.938 bits per heavy atom. The molecule has 3 fully saturated rings. The van der Waals surface area contributed by atoms with Gasteiger partial charge in [0.1, 0.15) is 16.9 Å². The normalized spacial score (nSPS) is 14.3. The number of aliphatic hydroxyl groups is 1. The molecule has 0 radical (unpaired) electrons. The number of rotatable bonds is 8. The second-order valence-electron chi connectivity index (χ2n) is 18.9. The van der Waals surface area contributed by atoms with E-state index in [-0.39, 0.29) is 41.5 Å². The molecule has 80 heavy (non-hydrogen) atoms. The van der Waals surface area contributed by atoms with Crippen LogP contribution in [0.1, 0.15) is 42.2 Å². The Balaban J connectivity index is 0.000000145. The Bertz CT molecular complexity index is 3590. The third-order valence-corrected chi connectivity index (χ3v) is 13.6. The van der Waals surface area contributed by atoms with E-state index < -0.39 is 0 Å². The van der Waals surface area contributed by atoms with Crippen molar-refractivity contribution < 1.29 is 23.9 Å². The van der Waals surface area contributed by atoms with Gasteiger partial charge in [-0.25, -0.2) is 14.0 Å². The summed E-state index contributed by atoms with van der Waals surface area (Å²) in [6.07, 6.45) is 6.94. The molecular formula is C58H68FN15O6. The van der Waals surface area contributed by atoms with E-state index in [0.29, 0.717) is 27.8 Å². The number of aliphatic hydroxyl groups excluding tert-OH is 1. The van der Waals surface area contributed by atoms with E-state index in [1.54, 1.807) is 49.2 Å². The maximum absolute atomic E-state index is 12.3. The highest BCUT2D eigenvalue weighted by atomic mass is 19.1. The lowest BCUT2D eigenvalue weighted by molar-refractivity contribution is 0.0955. The number of hydrogen-bond acceptors (Lipinski definition) is 14. The van der Waals surface area contributed by atoms with Crippen molar-refractivity contribution in [3.05, 3.63) is 189 Å². The molecule has 3 amide bonds. The summed E-state index contributed by atoms with van der Waals surface area (Å²) in [6, 6.07) is 32.0. The summed E-state index contributed by atoms with van der Waals surface area (Å²) >= 11 is 0. The standard InChI is InChI=1S/C23H24N6O2.C12H17N3O.C11H9N3O2.C8H8FNO.C4H10N2/c1-24-22(30)17-4-6-18(7-5-17)28-11-9-27(10-12-28)15-16-13-19-21(25-14-16)20-3-2-8-29(20)23(31)26-19;1-13-12(16)10-2-4-11(5-3-10)15-8-6-14-7-9-15;15-6-7-4-8-10(12-5-7)9-2-1-3-14(9)11(16)13-8;1-10-8(11)6-2-4-7(9)5-3-6;1-2-6-4-3-5-1/h2-8,13-14H,9-12,15H2,1H3,(H,24,30)(H,26,31);2-5,14H,6-9H2,1H3,(H,13,16);1-5,15H,6H2,(H,13,16);2-5H,1H3,(H,10,11);5-6H,1-4H2. The number of piperazine rings is 3. The molecule has 3 aliphatic rings. The lowest BCUT2D eigenvalue weighted by Gasteiger charge is -2.36. The zero-order chi connectivity index (χ0) is 56.4. The van der Waals surface area contributed by atoms with Gasteiger partial charge in [0, 0.05) is 159 Å². The number of nitrogens with zero attached hydrogens (tertiary/aromatic N) is 7. The highest BCUT2D eigenvalue weighted by molar-refractivity contribution is 5.95. The number of carbonyl (C=O) groups excluding carboxylic acids is 3. The van der Waals surface area contributed by atoms with Crippen molar-refractivity contribution in [1.29, 1.82) is 0 Å². The van der Waals surface area contributed by atoms with Gasteiger partial charge < -0.3 is 56.8 Å². The lowest BCUT2D eigenvalue weighted by atomic mass is 10.1. The molecule has 0 spiro atoms. The molecule has 0 bridgehead atoms. The summed E-state index contributed by atoms with van der Waals surface area (Å²) in [7, 11) is 4.82. The Hall–Kier alpha value is -8.80. The minimum absolute atomic E-state index is 0.0353. The third kappa shape index (κ3) is 14.9. The van der Waals surface area contributed by atoms with Gasteiger partial charge in [0.25, 0.3) is 17.7 Å². The van der Waals surface area contributed by atoms with Gasteiger partial charge in [0.15, 0.2) is 0 Å². The fourth-order valence-corrected chi connectivity index (χ4v) is 9.27. The van der Waals surface area contributed by atoms with Crippen LogP contribution in [0.2, 0.25) is 0 Å². The number of benzene rings is 3. The third-order valence-electron chi connectivity index (χ3n) is 13.6. The van der Waals surface area contributed by atoms with E-state index in [4.69, 9.17) is 5.11 Å². The number of fused-ring (bicyclic) bond motifs is 6. The largest absolute Gasteiger partial charge is 0.392 e. The van der Waals surface area contributed by atoms with Crippen molar-refractivity contribution in [3.63, 3.8) is 0 Å². The van der Waals surface area contributed by atoms with Gasteiger partial charge in [-0.3, -0.25) is 38.1 Å². The van der Waals surface area contributed by atoms with Gasteiger partial charge in [-0.05, 0) is 120 Å². The number of carbonyl (C=O) groups is 3. The van der Waals surface area contributed by atoms with Crippen LogP contribution < -0.4 is 53.1 Å². The number of amides is 3. The highest BCUT2D eigenvalue weighted by Gasteiger charge is 2.19. The van der Waals surface area contributed by atoms with Gasteiger partial charge in [-0.15, -0.1) is 0 Å². The Morgan fingerprint density at radius 1 is 0.537 bits per heavy atom. The molecule has 3 saturated heterocycles. The first-order valence-electron chi connectivity index (χ1n) is 26.5. The van der Waals surface area contributed by atoms with Crippen LogP contribution in [0.25, 0.3) is 33.1 Å². The first-order chi connectivity index (χ1) is 39.0. The van der Waals surface area contributed by atoms with Crippen molar-refractivity contribution in [2.45, 2.75) is 13.2 Å². The zero-order valence-electron chi connectivity index (χ0n) is 45.1. The van der Waals surface area contributed by atoms with Crippen LogP contribution in [0.3, 0.4) is 0 Å². The molecule has 3 aromatic carbocycles. The molecule has 6 aromatic heterocycles. The van der Waals surface area contributed by atoms with Crippen molar-refractivity contribution in [1.82, 2.24) is 65.5 Å². The molecule has 0 unspecified atom stereocenters. The molecule has 0 aliphatic carbocycles. The molecule has 418 valence electrons. The molecule has 12 rings (SSSR count). The number of aromatic amines is 2. The number of H-pyrrole nitrogens is 2. The number of hydrogen-bond donors (Lipinski definition) is 9. The molecule has 0 atom stereocenters. The summed E-state index contributed by atoms with van der Waals surface area (Å²) in [5.41, 5.74) is 10.1. The summed E-state index contributed by atoms with van der Waals surface area (Å²) in [5.74, 6) is -0.645. The second kappa shape index (κ2) is 28.2. The predicted molar refractivity (Wildman–Crippen MR) is 310 cm³/mol. The van der Waals surface area contributed by atoms with Crippen molar-refractivity contribution >= 4 is 62.2 Å². The van der Waals surface area contributed by atoms with Gasteiger partial charge in [0.05, 0.1) is 28.7 Å². The van der Waals surface area contributed by atoms with Crippen LogP contribution in [0.5, 0.6) is 0 Å². The van der Waals surface area contributed by atoms with Gasteiger partial charge >= 0.3 is 11.4 Å². The van der Waals surface area contributed by atoms with Crippen LogP contribution in [0.15, 0.2) is 144 Å². The Morgan fingerprint density at radius 3 is 1.36 bits per heavy atom. The molecule has 0 saturated carbocycles. The van der Waals surface area contributed by atoms with Crippen LogP contribution >= 0.6 is 0 Å². The van der Waals surface area contributed by atoms with Crippen LogP contribution in [0, 0.1) is 5.82 Å². The fraction of sp³-hybridized carbons (Fsp3) is 0.293. The van der Waals surface area contributed by atoms with Gasteiger partial charge in [-0.1, -0.05) is 0 Å². The minimum atomic E-state index is -0.336. The number of nitrogens with one attached hydrogen (secondary N) is 8. The number of anilines is 2. The summed E-state index contributed by atoms with van der Waals surface area (Å²) in [6.45, 7) is 13.1. The Labute approximate surface area is 461 Å². The average molecular weight is 1090 g/mol. The van der Waals surface area contributed by atoms with Gasteiger partial charge in [-0.2, -0.15) is 0 Å². The van der Waals surface area contributed by atoms with E-state index in [1.165, 1.54) is 41.4 Å². The molecule has 9 N–H and O–H groups in total. The SMILES string of the molecule is C1CNCCN1.CNC(=O)c1ccc(F)cc1.CNC(=O)c1ccc(N2CCN(Cc3cnc4c(c3)[nH]c(=O)n3cccc43)CC2)cc1.CNC(=O)c1ccc(N2CCNCC2)cc1.O=c1[nH]c2cc(CO)cnc2c2cccn12. The molecule has 3 aliphatic heterocycles. The molecule has 21 nitrogen and oxygen atoms in total. The van der Waals surface area contributed by atoms with E-state index in [9.17, 15) is 28.4 Å².